The Labute approximate surface area is 168 Å². The second kappa shape index (κ2) is 7.24. The summed E-state index contributed by atoms with van der Waals surface area (Å²) in [5, 5.41) is 3.36. The van der Waals surface area contributed by atoms with Gasteiger partial charge in [-0.05, 0) is 55.7 Å². The van der Waals surface area contributed by atoms with Gasteiger partial charge in [-0.3, -0.25) is 19.3 Å². The van der Waals surface area contributed by atoms with Crippen molar-refractivity contribution in [3.8, 4) is 0 Å². The number of nitrogens with zero attached hydrogens (tertiary/aromatic N) is 1. The Morgan fingerprint density at radius 3 is 2.39 bits per heavy atom. The third-order valence-corrected chi connectivity index (χ3v) is 5.56. The number of nitrogens with one attached hydrogen (secondary N) is 1. The molecule has 0 aromatic heterocycles. The first kappa shape index (κ1) is 18.4. The summed E-state index contributed by atoms with van der Waals surface area (Å²) in [5.74, 6) is -1.32. The molecule has 0 bridgehead atoms. The summed E-state index contributed by atoms with van der Waals surface area (Å²) in [5.41, 5.74) is 2.30. The number of hydrogen-bond donors (Lipinski definition) is 1. The minimum Gasteiger partial charge on any atom is -0.322 e. The van der Waals surface area contributed by atoms with Crippen LogP contribution in [0.25, 0.3) is 0 Å². The lowest BCUT2D eigenvalue weighted by Gasteiger charge is -2.16. The summed E-state index contributed by atoms with van der Waals surface area (Å²) < 4.78 is 0. The van der Waals surface area contributed by atoms with Gasteiger partial charge < -0.3 is 5.32 Å². The number of halogens is 1. The predicted molar refractivity (Wildman–Crippen MR) is 108 cm³/mol. The van der Waals surface area contributed by atoms with E-state index in [2.05, 4.69) is 5.32 Å². The first-order valence-electron chi connectivity index (χ1n) is 9.16. The first-order chi connectivity index (χ1) is 13.5. The number of carbonyl (C=O) groups is 3. The fraction of sp³-hybridized carbons (Fsp3) is 0.227. The van der Waals surface area contributed by atoms with Crippen LogP contribution >= 0.6 is 11.6 Å². The number of anilines is 2. The number of aryl methyl sites for hydroxylation is 1. The van der Waals surface area contributed by atoms with E-state index in [-0.39, 0.29) is 29.6 Å². The molecule has 0 saturated carbocycles. The maximum absolute atomic E-state index is 12.8. The van der Waals surface area contributed by atoms with Crippen molar-refractivity contribution in [1.82, 2.24) is 0 Å². The molecule has 1 N–H and O–H groups in total. The van der Waals surface area contributed by atoms with Gasteiger partial charge in [0.05, 0.1) is 17.5 Å². The van der Waals surface area contributed by atoms with Crippen LogP contribution in [0.15, 0.2) is 54.6 Å². The van der Waals surface area contributed by atoms with E-state index in [1.54, 1.807) is 36.4 Å². The maximum atomic E-state index is 12.8. The topological polar surface area (TPSA) is 66.5 Å². The Bertz CT molecular complexity index is 989. The number of rotatable bonds is 3. The van der Waals surface area contributed by atoms with Crippen molar-refractivity contribution in [2.75, 3.05) is 10.2 Å². The first-order valence-corrected chi connectivity index (χ1v) is 9.54. The van der Waals surface area contributed by atoms with Crippen LogP contribution in [0.4, 0.5) is 11.4 Å². The van der Waals surface area contributed by atoms with E-state index >= 15 is 0 Å². The number of imide groups is 1. The zero-order valence-corrected chi connectivity index (χ0v) is 16.1. The maximum Gasteiger partial charge on any atom is 0.255 e. The molecule has 1 heterocycles. The minimum absolute atomic E-state index is 0.192. The quantitative estimate of drug-likeness (QED) is 0.621. The molecule has 0 radical (unpaired) electrons. The van der Waals surface area contributed by atoms with E-state index in [4.69, 9.17) is 11.6 Å². The van der Waals surface area contributed by atoms with Crippen LogP contribution in [0.1, 0.15) is 28.8 Å². The number of benzene rings is 2. The molecule has 1 aliphatic carbocycles. The Morgan fingerprint density at radius 1 is 1.04 bits per heavy atom. The normalized spacial score (nSPS) is 21.0. The molecule has 1 aliphatic heterocycles. The van der Waals surface area contributed by atoms with Crippen LogP contribution in [0.5, 0.6) is 0 Å². The van der Waals surface area contributed by atoms with E-state index in [9.17, 15) is 14.4 Å². The van der Waals surface area contributed by atoms with Gasteiger partial charge in [-0.2, -0.15) is 0 Å². The molecule has 2 aromatic rings. The van der Waals surface area contributed by atoms with Gasteiger partial charge in [-0.25, -0.2) is 0 Å². The zero-order valence-electron chi connectivity index (χ0n) is 15.3. The minimum atomic E-state index is -0.328. The molecular weight excluding hydrogens is 376 g/mol. The average Bonchev–Trinajstić information content (AvgIpc) is 2.95. The van der Waals surface area contributed by atoms with Gasteiger partial charge >= 0.3 is 0 Å². The molecule has 6 heteroatoms. The summed E-state index contributed by atoms with van der Waals surface area (Å²) in [6.07, 6.45) is 5.07. The molecule has 5 nitrogen and oxygen atoms in total. The Hall–Kier alpha value is -2.92. The molecule has 2 aromatic carbocycles. The smallest absolute Gasteiger partial charge is 0.255 e. The number of amides is 3. The number of carbonyl (C=O) groups excluding carboxylic acids is 3. The summed E-state index contributed by atoms with van der Waals surface area (Å²) in [6.45, 7) is 1.87. The van der Waals surface area contributed by atoms with Crippen molar-refractivity contribution in [3.05, 3.63) is 70.8 Å². The second-order valence-electron chi connectivity index (χ2n) is 7.13. The van der Waals surface area contributed by atoms with Crippen LogP contribution in [-0.4, -0.2) is 17.7 Å². The predicted octanol–water partition coefficient (Wildman–Crippen LogP) is 4.36. The van der Waals surface area contributed by atoms with Crippen molar-refractivity contribution in [1.29, 1.82) is 0 Å². The van der Waals surface area contributed by atoms with E-state index in [1.165, 1.54) is 4.90 Å². The monoisotopic (exact) mass is 394 g/mol. The number of fused-ring (bicyclic) bond motifs is 1. The van der Waals surface area contributed by atoms with Crippen molar-refractivity contribution >= 4 is 40.7 Å². The van der Waals surface area contributed by atoms with E-state index in [0.29, 0.717) is 34.8 Å². The highest BCUT2D eigenvalue weighted by Crippen LogP contribution is 2.37. The highest BCUT2D eigenvalue weighted by atomic mass is 35.5. The van der Waals surface area contributed by atoms with Crippen LogP contribution in [0.2, 0.25) is 5.02 Å². The summed E-state index contributed by atoms with van der Waals surface area (Å²) in [6, 6.07) is 11.9. The fourth-order valence-corrected chi connectivity index (χ4v) is 3.94. The largest absolute Gasteiger partial charge is 0.322 e. The summed E-state index contributed by atoms with van der Waals surface area (Å²) >= 11 is 6.01. The average molecular weight is 395 g/mol. The number of allylic oxidation sites excluding steroid dienone is 2. The molecule has 1 fully saturated rings. The van der Waals surface area contributed by atoms with Crippen LogP contribution in [0.3, 0.4) is 0 Å². The SMILES string of the molecule is Cc1ccc(Cl)cc1NC(=O)c1cccc(N2C(=O)[C@H]3CC=CC[C@@H]3C2=O)c1. The standard InChI is InChI=1S/C22H19ClN2O3/c1-13-9-10-15(23)12-19(13)24-20(26)14-5-4-6-16(11-14)25-21(27)17-7-2-3-8-18(17)22(25)28/h2-6,9-12,17-18H,7-8H2,1H3,(H,24,26)/t17-,18-/m0/s1. The molecule has 0 spiro atoms. The fourth-order valence-electron chi connectivity index (χ4n) is 3.76. The highest BCUT2D eigenvalue weighted by Gasteiger charge is 2.47. The molecule has 2 aliphatic rings. The summed E-state index contributed by atoms with van der Waals surface area (Å²) in [4.78, 5) is 39.5. The van der Waals surface area contributed by atoms with Crippen LogP contribution < -0.4 is 10.2 Å². The van der Waals surface area contributed by atoms with Gasteiger partial charge in [0.25, 0.3) is 5.91 Å². The lowest BCUT2D eigenvalue weighted by atomic mass is 9.85. The molecule has 1 saturated heterocycles. The molecule has 3 amide bonds. The van der Waals surface area contributed by atoms with E-state index in [1.807, 2.05) is 25.1 Å². The van der Waals surface area contributed by atoms with Gasteiger partial charge in [0.15, 0.2) is 0 Å². The Balaban J connectivity index is 1.60. The third-order valence-electron chi connectivity index (χ3n) is 5.32. The van der Waals surface area contributed by atoms with Gasteiger partial charge in [0, 0.05) is 16.3 Å². The number of hydrogen-bond acceptors (Lipinski definition) is 3. The zero-order chi connectivity index (χ0) is 19.8. The highest BCUT2D eigenvalue weighted by molar-refractivity contribution is 6.31. The van der Waals surface area contributed by atoms with Crippen molar-refractivity contribution in [3.63, 3.8) is 0 Å². The third kappa shape index (κ3) is 3.22. The molecule has 142 valence electrons. The molecule has 4 rings (SSSR count). The van der Waals surface area contributed by atoms with Crippen molar-refractivity contribution in [2.24, 2.45) is 11.8 Å². The van der Waals surface area contributed by atoms with Crippen LogP contribution in [0, 0.1) is 18.8 Å². The lowest BCUT2D eigenvalue weighted by molar-refractivity contribution is -0.122. The van der Waals surface area contributed by atoms with Gasteiger partial charge in [-0.15, -0.1) is 0 Å². The molecule has 2 atom stereocenters. The van der Waals surface area contributed by atoms with Gasteiger partial charge in [0.1, 0.15) is 0 Å². The van der Waals surface area contributed by atoms with Crippen molar-refractivity contribution in [2.45, 2.75) is 19.8 Å². The van der Waals surface area contributed by atoms with Gasteiger partial charge in [-0.1, -0.05) is 35.9 Å². The van der Waals surface area contributed by atoms with E-state index in [0.717, 1.165) is 5.56 Å². The lowest BCUT2D eigenvalue weighted by Crippen LogP contribution is -2.31. The van der Waals surface area contributed by atoms with Crippen molar-refractivity contribution < 1.29 is 14.4 Å². The molecule has 0 unspecified atom stereocenters. The van der Waals surface area contributed by atoms with Crippen LogP contribution in [-0.2, 0) is 9.59 Å². The second-order valence-corrected chi connectivity index (χ2v) is 7.57. The summed E-state index contributed by atoms with van der Waals surface area (Å²) in [7, 11) is 0. The van der Waals surface area contributed by atoms with E-state index < -0.39 is 0 Å². The molecule has 28 heavy (non-hydrogen) atoms. The Kier molecular flexibility index (Phi) is 4.77. The Morgan fingerprint density at radius 2 is 1.71 bits per heavy atom. The molecular formula is C22H19ClN2O3. The van der Waals surface area contributed by atoms with Gasteiger partial charge in [0.2, 0.25) is 11.8 Å².